The highest BCUT2D eigenvalue weighted by atomic mass is 79.9. The van der Waals surface area contributed by atoms with Crippen LogP contribution in [0.25, 0.3) is 0 Å². The van der Waals surface area contributed by atoms with Crippen molar-refractivity contribution in [3.63, 3.8) is 0 Å². The van der Waals surface area contributed by atoms with Crippen molar-refractivity contribution in [3.05, 3.63) is 34.5 Å². The molecule has 2 aromatic rings. The maximum Gasteiger partial charge on any atom is 0.134 e. The summed E-state index contributed by atoms with van der Waals surface area (Å²) in [5.41, 5.74) is 1.12. The van der Waals surface area contributed by atoms with Crippen molar-refractivity contribution in [2.24, 2.45) is 7.05 Å². The molecule has 96 valence electrons. The van der Waals surface area contributed by atoms with E-state index in [9.17, 15) is 0 Å². The fourth-order valence-electron chi connectivity index (χ4n) is 1.54. The van der Waals surface area contributed by atoms with E-state index in [1.165, 1.54) is 0 Å². The summed E-state index contributed by atoms with van der Waals surface area (Å²) in [6.45, 7) is 4.86. The van der Waals surface area contributed by atoms with Crippen molar-refractivity contribution in [1.82, 2.24) is 19.7 Å². The Morgan fingerprint density at radius 3 is 2.78 bits per heavy atom. The smallest absolute Gasteiger partial charge is 0.134 e. The Balaban J connectivity index is 2.09. The van der Waals surface area contributed by atoms with Gasteiger partial charge in [-0.15, -0.1) is 0 Å². The molecule has 0 aliphatic carbocycles. The molecule has 2 rings (SSSR count). The highest BCUT2D eigenvalue weighted by molar-refractivity contribution is 9.10. The van der Waals surface area contributed by atoms with Gasteiger partial charge in [-0.1, -0.05) is 13.8 Å². The van der Waals surface area contributed by atoms with Gasteiger partial charge < -0.3 is 5.32 Å². The summed E-state index contributed by atoms with van der Waals surface area (Å²) >= 11 is 3.40. The normalized spacial score (nSPS) is 10.9. The summed E-state index contributed by atoms with van der Waals surface area (Å²) in [6.07, 6.45) is 3.82. The summed E-state index contributed by atoms with van der Waals surface area (Å²) in [5, 5.41) is 7.40. The second-order valence-electron chi connectivity index (χ2n) is 4.46. The number of aromatic nitrogens is 4. The topological polar surface area (TPSA) is 55.6 Å². The second-order valence-corrected chi connectivity index (χ2v) is 5.28. The van der Waals surface area contributed by atoms with E-state index in [4.69, 9.17) is 0 Å². The van der Waals surface area contributed by atoms with Crippen LogP contribution in [0.15, 0.2) is 23.1 Å². The number of nitrogens with zero attached hydrogens (tertiary/aromatic N) is 4. The van der Waals surface area contributed by atoms with E-state index in [0.29, 0.717) is 12.5 Å². The van der Waals surface area contributed by atoms with Crippen molar-refractivity contribution >= 4 is 21.7 Å². The molecule has 0 saturated carbocycles. The van der Waals surface area contributed by atoms with E-state index in [0.717, 1.165) is 21.8 Å². The van der Waals surface area contributed by atoms with Crippen LogP contribution in [0.1, 0.15) is 31.2 Å². The lowest BCUT2D eigenvalue weighted by atomic mass is 10.2. The highest BCUT2D eigenvalue weighted by Crippen LogP contribution is 2.17. The van der Waals surface area contributed by atoms with Crippen molar-refractivity contribution < 1.29 is 0 Å². The predicted octanol–water partition coefficient (Wildman–Crippen LogP) is 2.71. The minimum Gasteiger partial charge on any atom is -0.366 e. The summed E-state index contributed by atoms with van der Waals surface area (Å²) in [7, 11) is 1.90. The zero-order valence-electron chi connectivity index (χ0n) is 10.7. The van der Waals surface area contributed by atoms with Crippen LogP contribution in [0.4, 0.5) is 5.82 Å². The molecule has 0 aliphatic heterocycles. The molecule has 18 heavy (non-hydrogen) atoms. The number of hydrogen-bond donors (Lipinski definition) is 1. The maximum absolute atomic E-state index is 4.48. The van der Waals surface area contributed by atoms with Gasteiger partial charge in [0.25, 0.3) is 0 Å². The van der Waals surface area contributed by atoms with Crippen molar-refractivity contribution in [3.8, 4) is 0 Å². The van der Waals surface area contributed by atoms with Crippen molar-refractivity contribution in [2.45, 2.75) is 26.3 Å². The monoisotopic (exact) mass is 309 g/mol. The minimum absolute atomic E-state index is 0.307. The zero-order chi connectivity index (χ0) is 13.1. The van der Waals surface area contributed by atoms with E-state index < -0.39 is 0 Å². The molecule has 0 unspecified atom stereocenters. The van der Waals surface area contributed by atoms with Crippen LogP contribution in [0.3, 0.4) is 0 Å². The first-order chi connectivity index (χ1) is 8.54. The van der Waals surface area contributed by atoms with E-state index in [2.05, 4.69) is 50.2 Å². The van der Waals surface area contributed by atoms with Gasteiger partial charge in [-0.05, 0) is 15.9 Å². The molecule has 2 heterocycles. The van der Waals surface area contributed by atoms with E-state index in [1.54, 1.807) is 4.68 Å². The Kier molecular flexibility index (Phi) is 3.96. The summed E-state index contributed by atoms with van der Waals surface area (Å²) in [5.74, 6) is 1.96. The van der Waals surface area contributed by atoms with E-state index in [-0.39, 0.29) is 0 Å². The van der Waals surface area contributed by atoms with Crippen LogP contribution in [-0.2, 0) is 13.6 Å². The molecule has 6 heteroatoms. The van der Waals surface area contributed by atoms with Gasteiger partial charge in [0, 0.05) is 37.3 Å². The molecule has 0 saturated heterocycles. The van der Waals surface area contributed by atoms with Gasteiger partial charge in [0.1, 0.15) is 16.2 Å². The van der Waals surface area contributed by atoms with Gasteiger partial charge in [0.05, 0.1) is 6.20 Å². The lowest BCUT2D eigenvalue weighted by molar-refractivity contribution is 0.766. The Morgan fingerprint density at radius 2 is 2.17 bits per heavy atom. The average molecular weight is 310 g/mol. The predicted molar refractivity (Wildman–Crippen MR) is 74.4 cm³/mol. The number of anilines is 1. The SMILES string of the molecule is CC(C)c1nc(Br)cc(NCc2cnn(C)c2)n1. The molecule has 0 radical (unpaired) electrons. The molecule has 0 atom stereocenters. The first kappa shape index (κ1) is 13.0. The van der Waals surface area contributed by atoms with Crippen molar-refractivity contribution in [2.75, 3.05) is 5.32 Å². The first-order valence-electron chi connectivity index (χ1n) is 5.80. The Morgan fingerprint density at radius 1 is 1.39 bits per heavy atom. The van der Waals surface area contributed by atoms with Crippen LogP contribution in [0.5, 0.6) is 0 Å². The maximum atomic E-state index is 4.48. The largest absolute Gasteiger partial charge is 0.366 e. The average Bonchev–Trinajstić information content (AvgIpc) is 2.72. The molecular weight excluding hydrogens is 294 g/mol. The first-order valence-corrected chi connectivity index (χ1v) is 6.60. The van der Waals surface area contributed by atoms with Gasteiger partial charge in [-0.3, -0.25) is 4.68 Å². The summed E-state index contributed by atoms with van der Waals surface area (Å²) < 4.78 is 2.59. The van der Waals surface area contributed by atoms with Crippen LogP contribution in [0, 0.1) is 0 Å². The van der Waals surface area contributed by atoms with E-state index in [1.807, 2.05) is 25.5 Å². The second kappa shape index (κ2) is 5.48. The van der Waals surface area contributed by atoms with Crippen LogP contribution in [-0.4, -0.2) is 19.7 Å². The number of aryl methyl sites for hydroxylation is 1. The molecule has 0 aliphatic rings. The number of hydrogen-bond acceptors (Lipinski definition) is 4. The lowest BCUT2D eigenvalue weighted by Gasteiger charge is -2.08. The molecule has 1 N–H and O–H groups in total. The third-order valence-electron chi connectivity index (χ3n) is 2.46. The van der Waals surface area contributed by atoms with Gasteiger partial charge >= 0.3 is 0 Å². The third kappa shape index (κ3) is 3.29. The standard InChI is InChI=1S/C12H16BrN5/c1-8(2)12-16-10(13)4-11(17-12)14-5-9-6-15-18(3)7-9/h4,6-8H,5H2,1-3H3,(H,14,16,17). The number of nitrogens with one attached hydrogen (secondary N) is 1. The van der Waals surface area contributed by atoms with Crippen LogP contribution < -0.4 is 5.32 Å². The van der Waals surface area contributed by atoms with Crippen LogP contribution in [0.2, 0.25) is 0 Å². The van der Waals surface area contributed by atoms with Gasteiger partial charge in [-0.2, -0.15) is 5.10 Å². The minimum atomic E-state index is 0.307. The zero-order valence-corrected chi connectivity index (χ0v) is 12.3. The molecule has 0 amide bonds. The number of halogens is 1. The molecule has 2 aromatic heterocycles. The summed E-state index contributed by atoms with van der Waals surface area (Å²) in [6, 6.07) is 1.88. The fraction of sp³-hybridized carbons (Fsp3) is 0.417. The molecule has 0 spiro atoms. The molecular formula is C12H16BrN5. The quantitative estimate of drug-likeness (QED) is 0.882. The molecule has 0 bridgehead atoms. The van der Waals surface area contributed by atoms with E-state index >= 15 is 0 Å². The Bertz CT molecular complexity index is 535. The fourth-order valence-corrected chi connectivity index (χ4v) is 1.94. The van der Waals surface area contributed by atoms with Gasteiger partial charge in [0.15, 0.2) is 0 Å². The van der Waals surface area contributed by atoms with Crippen molar-refractivity contribution in [1.29, 1.82) is 0 Å². The number of rotatable bonds is 4. The lowest BCUT2D eigenvalue weighted by Crippen LogP contribution is -2.05. The Labute approximate surface area is 115 Å². The third-order valence-corrected chi connectivity index (χ3v) is 2.87. The molecule has 0 aromatic carbocycles. The highest BCUT2D eigenvalue weighted by Gasteiger charge is 2.06. The molecule has 0 fully saturated rings. The van der Waals surface area contributed by atoms with Gasteiger partial charge in [0.2, 0.25) is 0 Å². The van der Waals surface area contributed by atoms with Gasteiger partial charge in [-0.25, -0.2) is 9.97 Å². The van der Waals surface area contributed by atoms with Crippen LogP contribution >= 0.6 is 15.9 Å². The Hall–Kier alpha value is -1.43. The summed E-state index contributed by atoms with van der Waals surface area (Å²) in [4.78, 5) is 8.82. The molecule has 5 nitrogen and oxygen atoms in total.